The van der Waals surface area contributed by atoms with Gasteiger partial charge in [0.05, 0.1) is 23.9 Å². The number of aliphatic hydroxyl groups excluding tert-OH is 3. The second-order valence-corrected chi connectivity index (χ2v) is 12.3. The molecule has 0 aromatic rings. The van der Waals surface area contributed by atoms with Crippen LogP contribution in [0, 0.1) is 34.5 Å². The quantitative estimate of drug-likeness (QED) is 0.520. The van der Waals surface area contributed by atoms with E-state index in [-0.39, 0.29) is 10.8 Å². The highest BCUT2D eigenvalue weighted by Gasteiger charge is 2.58. The van der Waals surface area contributed by atoms with E-state index in [1.54, 1.807) is 19.4 Å². The summed E-state index contributed by atoms with van der Waals surface area (Å²) in [7, 11) is 0. The molecule has 0 aromatic heterocycles. The van der Waals surface area contributed by atoms with Crippen molar-refractivity contribution in [2.45, 2.75) is 110 Å². The highest BCUT2D eigenvalue weighted by atomic mass is 16.3. The Bertz CT molecular complexity index is 749. The van der Waals surface area contributed by atoms with Crippen molar-refractivity contribution in [3.63, 3.8) is 0 Å². The van der Waals surface area contributed by atoms with E-state index in [1.165, 1.54) is 24.8 Å². The van der Waals surface area contributed by atoms with E-state index >= 15 is 0 Å². The molecule has 31 heavy (non-hydrogen) atoms. The van der Waals surface area contributed by atoms with Gasteiger partial charge >= 0.3 is 0 Å². The lowest BCUT2D eigenvalue weighted by molar-refractivity contribution is -0.0598. The van der Waals surface area contributed by atoms with Gasteiger partial charge in [-0.3, -0.25) is 0 Å². The molecule has 9 atom stereocenters. The van der Waals surface area contributed by atoms with Crippen molar-refractivity contribution >= 4 is 0 Å². The molecule has 0 spiro atoms. The van der Waals surface area contributed by atoms with Gasteiger partial charge in [-0.15, -0.1) is 0 Å². The lowest BCUT2D eigenvalue weighted by atomic mass is 9.49. The van der Waals surface area contributed by atoms with Gasteiger partial charge in [-0.05, 0) is 87.9 Å². The Hall–Kier alpha value is -0.680. The summed E-state index contributed by atoms with van der Waals surface area (Å²) in [5.74, 6) is 2.10. The number of aliphatic hydroxyl groups is 4. The molecule has 0 radical (unpaired) electrons. The number of fused-ring (bicyclic) bond motifs is 5. The average Bonchev–Trinajstić information content (AvgIpc) is 3.03. The topological polar surface area (TPSA) is 80.9 Å². The molecule has 0 saturated heterocycles. The normalized spacial score (nSPS) is 44.5. The van der Waals surface area contributed by atoms with Crippen LogP contribution in [-0.2, 0) is 0 Å². The van der Waals surface area contributed by atoms with Crippen molar-refractivity contribution in [3.05, 3.63) is 23.3 Å². The zero-order valence-electron chi connectivity index (χ0n) is 20.1. The second kappa shape index (κ2) is 7.97. The second-order valence-electron chi connectivity index (χ2n) is 12.3. The molecular formula is C27H44O4. The summed E-state index contributed by atoms with van der Waals surface area (Å²) in [5, 5.41) is 41.6. The Morgan fingerprint density at radius 2 is 1.77 bits per heavy atom. The molecule has 3 fully saturated rings. The highest BCUT2D eigenvalue weighted by molar-refractivity contribution is 5.40. The molecule has 0 aliphatic heterocycles. The highest BCUT2D eigenvalue weighted by Crippen LogP contribution is 2.66. The minimum Gasteiger partial charge on any atom is -0.393 e. The summed E-state index contributed by atoms with van der Waals surface area (Å²) < 4.78 is 0. The Kier molecular flexibility index (Phi) is 6.04. The maximum absolute atomic E-state index is 11.0. The third-order valence-electron chi connectivity index (χ3n) is 10.1. The monoisotopic (exact) mass is 432 g/mol. The maximum Gasteiger partial charge on any atom is 0.0849 e. The van der Waals surface area contributed by atoms with Gasteiger partial charge in [-0.2, -0.15) is 0 Å². The first-order valence-corrected chi connectivity index (χ1v) is 12.6. The van der Waals surface area contributed by atoms with Crippen LogP contribution in [-0.4, -0.2) is 44.3 Å². The zero-order chi connectivity index (χ0) is 22.8. The van der Waals surface area contributed by atoms with Gasteiger partial charge in [-0.25, -0.2) is 0 Å². The van der Waals surface area contributed by atoms with Crippen LogP contribution >= 0.6 is 0 Å². The van der Waals surface area contributed by atoms with Crippen LogP contribution in [0.25, 0.3) is 0 Å². The fraction of sp³-hybridized carbons (Fsp3) is 0.852. The summed E-state index contributed by atoms with van der Waals surface area (Å²) >= 11 is 0. The summed E-state index contributed by atoms with van der Waals surface area (Å²) in [4.78, 5) is 0. The van der Waals surface area contributed by atoms with Crippen LogP contribution in [0.15, 0.2) is 23.3 Å². The van der Waals surface area contributed by atoms with Crippen molar-refractivity contribution in [1.82, 2.24) is 0 Å². The van der Waals surface area contributed by atoms with Crippen molar-refractivity contribution in [3.8, 4) is 0 Å². The molecule has 3 saturated carbocycles. The molecule has 4 rings (SSSR count). The number of hydrogen-bond donors (Lipinski definition) is 4. The van der Waals surface area contributed by atoms with E-state index in [4.69, 9.17) is 0 Å². The van der Waals surface area contributed by atoms with E-state index < -0.39 is 23.9 Å². The van der Waals surface area contributed by atoms with E-state index in [0.29, 0.717) is 42.9 Å². The van der Waals surface area contributed by atoms with Crippen LogP contribution in [0.5, 0.6) is 0 Å². The first-order chi connectivity index (χ1) is 14.4. The van der Waals surface area contributed by atoms with Gasteiger partial charge in [0.25, 0.3) is 0 Å². The Labute approximate surface area is 188 Å². The number of hydrogen-bond acceptors (Lipinski definition) is 4. The number of rotatable bonds is 5. The third kappa shape index (κ3) is 3.76. The van der Waals surface area contributed by atoms with Crippen molar-refractivity contribution in [1.29, 1.82) is 0 Å². The molecule has 0 bridgehead atoms. The molecule has 0 aromatic carbocycles. The summed E-state index contributed by atoms with van der Waals surface area (Å²) in [5.41, 5.74) is 1.77. The fourth-order valence-electron chi connectivity index (χ4n) is 8.00. The zero-order valence-corrected chi connectivity index (χ0v) is 20.1. The first-order valence-electron chi connectivity index (χ1n) is 12.6. The Morgan fingerprint density at radius 3 is 2.45 bits per heavy atom. The van der Waals surface area contributed by atoms with E-state index in [1.807, 2.05) is 0 Å². The van der Waals surface area contributed by atoms with Gasteiger partial charge < -0.3 is 20.4 Å². The third-order valence-corrected chi connectivity index (χ3v) is 10.1. The average molecular weight is 433 g/mol. The smallest absolute Gasteiger partial charge is 0.0849 e. The van der Waals surface area contributed by atoms with Crippen LogP contribution in [0.2, 0.25) is 0 Å². The molecule has 0 heterocycles. The number of allylic oxidation sites excluding steroid dienone is 3. The molecule has 0 amide bonds. The molecule has 4 aliphatic carbocycles. The van der Waals surface area contributed by atoms with E-state index in [2.05, 4.69) is 32.9 Å². The maximum atomic E-state index is 11.0. The predicted molar refractivity (Wildman–Crippen MR) is 123 cm³/mol. The molecule has 4 aliphatic rings. The van der Waals surface area contributed by atoms with Crippen molar-refractivity contribution < 1.29 is 20.4 Å². The van der Waals surface area contributed by atoms with E-state index in [0.717, 1.165) is 12.8 Å². The molecular weight excluding hydrogens is 388 g/mol. The summed E-state index contributed by atoms with van der Waals surface area (Å²) in [6, 6.07) is 0. The van der Waals surface area contributed by atoms with Gasteiger partial charge in [0.15, 0.2) is 0 Å². The lowest BCUT2D eigenvalue weighted by Gasteiger charge is -2.56. The molecule has 4 heteroatoms. The molecule has 4 N–H and O–H groups in total. The van der Waals surface area contributed by atoms with Crippen LogP contribution in [0.3, 0.4) is 0 Å². The molecule has 176 valence electrons. The Balaban J connectivity index is 1.53. The van der Waals surface area contributed by atoms with Crippen LogP contribution in [0.1, 0.15) is 86.0 Å². The fourth-order valence-corrected chi connectivity index (χ4v) is 8.00. The van der Waals surface area contributed by atoms with Gasteiger partial charge in [0, 0.05) is 11.8 Å². The first kappa shape index (κ1) is 23.5. The van der Waals surface area contributed by atoms with Crippen LogP contribution in [0.4, 0.5) is 0 Å². The lowest BCUT2D eigenvalue weighted by Crippen LogP contribution is -2.52. The summed E-state index contributed by atoms with van der Waals surface area (Å²) in [6.07, 6.45) is 10.5. The van der Waals surface area contributed by atoms with Crippen molar-refractivity contribution in [2.75, 3.05) is 0 Å². The Morgan fingerprint density at radius 1 is 1.06 bits per heavy atom. The van der Waals surface area contributed by atoms with E-state index in [9.17, 15) is 20.4 Å². The SMILES string of the molecule is C[C@H](CC[C@@H](O)C(C)(C)O)[C@H]1CC[C@H]2C3=CC=C4C[C@@H](O)C[C@H](O)[C@]4(C)[C@H]3CC[C@]12C. The molecule has 0 unspecified atom stereocenters. The van der Waals surface area contributed by atoms with Gasteiger partial charge in [0.2, 0.25) is 0 Å². The van der Waals surface area contributed by atoms with Crippen molar-refractivity contribution in [2.24, 2.45) is 34.5 Å². The molecule has 4 nitrogen and oxygen atoms in total. The minimum atomic E-state index is -1.04. The van der Waals surface area contributed by atoms with Gasteiger partial charge in [-0.1, -0.05) is 44.1 Å². The minimum absolute atomic E-state index is 0.231. The largest absolute Gasteiger partial charge is 0.393 e. The standard InChI is InChI=1S/C27H44O4/c1-16(6-11-23(29)25(2,3)31)20-9-10-21-19-8-7-17-14-18(28)15-24(30)27(17,5)22(19)12-13-26(20,21)4/h7-8,16,18,20-24,28-31H,6,9-15H2,1-5H3/t16-,18-,20-,21+,22+,23-,24+,26-,27+/m1/s1. The van der Waals surface area contributed by atoms with Gasteiger partial charge in [0.1, 0.15) is 0 Å². The predicted octanol–water partition coefficient (Wildman–Crippen LogP) is 4.37. The van der Waals surface area contributed by atoms with Crippen LogP contribution < -0.4 is 0 Å². The summed E-state index contributed by atoms with van der Waals surface area (Å²) in [6.45, 7) is 10.4.